The summed E-state index contributed by atoms with van der Waals surface area (Å²) < 4.78 is 5.33. The minimum atomic E-state index is 0.505. The molecule has 0 saturated heterocycles. The standard InChI is InChI=1S/C10H12O/c1-8-4-2-5-9(8)10-6-3-7-11-10/h3,6-7,9H,1-2,4-5H2. The monoisotopic (exact) mass is 148 g/mol. The second-order valence-electron chi connectivity index (χ2n) is 3.12. The van der Waals surface area contributed by atoms with Gasteiger partial charge in [0.05, 0.1) is 6.26 Å². The summed E-state index contributed by atoms with van der Waals surface area (Å²) in [7, 11) is 0. The molecule has 0 radical (unpaired) electrons. The lowest BCUT2D eigenvalue weighted by molar-refractivity contribution is 0.485. The SMILES string of the molecule is C=C1CCCC1c1ccco1. The van der Waals surface area contributed by atoms with Crippen LogP contribution in [-0.4, -0.2) is 0 Å². The minimum Gasteiger partial charge on any atom is -0.469 e. The minimum absolute atomic E-state index is 0.505. The molecule has 1 nitrogen and oxygen atoms in total. The Morgan fingerprint density at radius 3 is 3.00 bits per heavy atom. The highest BCUT2D eigenvalue weighted by Crippen LogP contribution is 2.37. The van der Waals surface area contributed by atoms with E-state index >= 15 is 0 Å². The van der Waals surface area contributed by atoms with Crippen molar-refractivity contribution in [1.29, 1.82) is 0 Å². The number of hydrogen-bond acceptors (Lipinski definition) is 1. The van der Waals surface area contributed by atoms with Gasteiger partial charge in [0.2, 0.25) is 0 Å². The van der Waals surface area contributed by atoms with Gasteiger partial charge in [0.25, 0.3) is 0 Å². The van der Waals surface area contributed by atoms with E-state index in [2.05, 4.69) is 6.58 Å². The van der Waals surface area contributed by atoms with Crippen LogP contribution in [0.15, 0.2) is 35.0 Å². The Morgan fingerprint density at radius 1 is 1.55 bits per heavy atom. The first-order chi connectivity index (χ1) is 5.38. The van der Waals surface area contributed by atoms with Gasteiger partial charge in [-0.15, -0.1) is 0 Å². The summed E-state index contributed by atoms with van der Waals surface area (Å²) in [5.41, 5.74) is 1.33. The first-order valence-corrected chi connectivity index (χ1v) is 4.09. The van der Waals surface area contributed by atoms with Crippen LogP contribution in [-0.2, 0) is 0 Å². The predicted octanol–water partition coefficient (Wildman–Crippen LogP) is 3.10. The zero-order valence-corrected chi connectivity index (χ0v) is 6.55. The van der Waals surface area contributed by atoms with Crippen molar-refractivity contribution in [3.8, 4) is 0 Å². The van der Waals surface area contributed by atoms with Crippen molar-refractivity contribution in [2.75, 3.05) is 0 Å². The van der Waals surface area contributed by atoms with Crippen LogP contribution in [0.3, 0.4) is 0 Å². The van der Waals surface area contributed by atoms with E-state index in [1.807, 2.05) is 12.1 Å². The molecule has 1 aromatic rings. The zero-order valence-electron chi connectivity index (χ0n) is 6.55. The van der Waals surface area contributed by atoms with Gasteiger partial charge in [0.15, 0.2) is 0 Å². The molecule has 2 rings (SSSR count). The van der Waals surface area contributed by atoms with E-state index in [-0.39, 0.29) is 0 Å². The summed E-state index contributed by atoms with van der Waals surface area (Å²) in [6.07, 6.45) is 5.39. The summed E-state index contributed by atoms with van der Waals surface area (Å²) in [5.74, 6) is 1.59. The molecule has 0 spiro atoms. The third-order valence-corrected chi connectivity index (χ3v) is 2.37. The van der Waals surface area contributed by atoms with Crippen molar-refractivity contribution in [2.24, 2.45) is 0 Å². The maximum Gasteiger partial charge on any atom is 0.110 e. The molecule has 0 aromatic carbocycles. The molecule has 1 aliphatic carbocycles. The molecule has 1 heterocycles. The first-order valence-electron chi connectivity index (χ1n) is 4.09. The molecule has 1 saturated carbocycles. The lowest BCUT2D eigenvalue weighted by atomic mass is 10.0. The predicted molar refractivity (Wildman–Crippen MR) is 44.4 cm³/mol. The number of rotatable bonds is 1. The summed E-state index contributed by atoms with van der Waals surface area (Å²) in [4.78, 5) is 0. The maximum atomic E-state index is 5.33. The average molecular weight is 148 g/mol. The van der Waals surface area contributed by atoms with E-state index in [4.69, 9.17) is 4.42 Å². The van der Waals surface area contributed by atoms with E-state index in [9.17, 15) is 0 Å². The van der Waals surface area contributed by atoms with Crippen LogP contribution < -0.4 is 0 Å². The highest BCUT2D eigenvalue weighted by molar-refractivity contribution is 5.22. The van der Waals surface area contributed by atoms with Crippen molar-refractivity contribution in [2.45, 2.75) is 25.2 Å². The van der Waals surface area contributed by atoms with Crippen LogP contribution in [0.4, 0.5) is 0 Å². The Hall–Kier alpha value is -0.980. The normalized spacial score (nSPS) is 24.4. The van der Waals surface area contributed by atoms with Crippen LogP contribution >= 0.6 is 0 Å². The fraction of sp³-hybridized carbons (Fsp3) is 0.400. The molecule has 1 unspecified atom stereocenters. The van der Waals surface area contributed by atoms with Crippen LogP contribution in [0.1, 0.15) is 30.9 Å². The van der Waals surface area contributed by atoms with E-state index in [1.54, 1.807) is 6.26 Å². The second-order valence-corrected chi connectivity index (χ2v) is 3.12. The molecule has 0 bridgehead atoms. The summed E-state index contributed by atoms with van der Waals surface area (Å²) in [5, 5.41) is 0. The highest BCUT2D eigenvalue weighted by atomic mass is 16.3. The van der Waals surface area contributed by atoms with Crippen molar-refractivity contribution in [3.05, 3.63) is 36.3 Å². The van der Waals surface area contributed by atoms with Gasteiger partial charge < -0.3 is 4.42 Å². The van der Waals surface area contributed by atoms with Gasteiger partial charge in [0, 0.05) is 5.92 Å². The average Bonchev–Trinajstić information content (AvgIpc) is 2.55. The fourth-order valence-corrected chi connectivity index (χ4v) is 1.74. The van der Waals surface area contributed by atoms with Crippen LogP contribution in [0.2, 0.25) is 0 Å². The van der Waals surface area contributed by atoms with Crippen molar-refractivity contribution in [1.82, 2.24) is 0 Å². The lowest BCUT2D eigenvalue weighted by Crippen LogP contribution is -1.90. The molecular formula is C10H12O. The lowest BCUT2D eigenvalue weighted by Gasteiger charge is -2.05. The Morgan fingerprint density at radius 2 is 2.45 bits per heavy atom. The molecule has 0 aliphatic heterocycles. The number of hydrogen-bond donors (Lipinski definition) is 0. The number of allylic oxidation sites excluding steroid dienone is 1. The summed E-state index contributed by atoms with van der Waals surface area (Å²) >= 11 is 0. The van der Waals surface area contributed by atoms with Gasteiger partial charge in [-0.25, -0.2) is 0 Å². The van der Waals surface area contributed by atoms with Gasteiger partial charge in [0.1, 0.15) is 5.76 Å². The summed E-state index contributed by atoms with van der Waals surface area (Å²) in [6, 6.07) is 3.99. The second kappa shape index (κ2) is 2.57. The molecule has 0 N–H and O–H groups in total. The molecule has 1 atom stereocenters. The summed E-state index contributed by atoms with van der Waals surface area (Å²) in [6.45, 7) is 4.03. The van der Waals surface area contributed by atoms with Gasteiger partial charge in [-0.3, -0.25) is 0 Å². The van der Waals surface area contributed by atoms with E-state index < -0.39 is 0 Å². The Kier molecular flexibility index (Phi) is 1.57. The molecule has 1 aliphatic rings. The maximum absolute atomic E-state index is 5.33. The third kappa shape index (κ3) is 1.11. The Labute approximate surface area is 66.7 Å². The van der Waals surface area contributed by atoms with Crippen molar-refractivity contribution < 1.29 is 4.42 Å². The third-order valence-electron chi connectivity index (χ3n) is 2.37. The number of furan rings is 1. The highest BCUT2D eigenvalue weighted by Gasteiger charge is 2.22. The van der Waals surface area contributed by atoms with Crippen molar-refractivity contribution in [3.63, 3.8) is 0 Å². The molecule has 1 heteroatoms. The molecule has 58 valence electrons. The van der Waals surface area contributed by atoms with Gasteiger partial charge in [-0.05, 0) is 31.4 Å². The van der Waals surface area contributed by atoms with E-state index in [0.717, 1.165) is 5.76 Å². The quantitative estimate of drug-likeness (QED) is 0.558. The van der Waals surface area contributed by atoms with Crippen molar-refractivity contribution >= 4 is 0 Å². The van der Waals surface area contributed by atoms with Crippen LogP contribution in [0.5, 0.6) is 0 Å². The molecule has 0 amide bonds. The molecule has 1 aromatic heterocycles. The molecule has 1 fully saturated rings. The van der Waals surface area contributed by atoms with E-state index in [0.29, 0.717) is 5.92 Å². The van der Waals surface area contributed by atoms with Crippen LogP contribution in [0.25, 0.3) is 0 Å². The van der Waals surface area contributed by atoms with Gasteiger partial charge >= 0.3 is 0 Å². The van der Waals surface area contributed by atoms with Gasteiger partial charge in [-0.1, -0.05) is 12.2 Å². The van der Waals surface area contributed by atoms with E-state index in [1.165, 1.54) is 24.8 Å². The Bertz CT molecular complexity index is 246. The Balaban J connectivity index is 2.23. The van der Waals surface area contributed by atoms with Crippen LogP contribution in [0, 0.1) is 0 Å². The van der Waals surface area contributed by atoms with Gasteiger partial charge in [-0.2, -0.15) is 0 Å². The fourth-order valence-electron chi connectivity index (χ4n) is 1.74. The molecular weight excluding hydrogens is 136 g/mol. The topological polar surface area (TPSA) is 13.1 Å². The zero-order chi connectivity index (χ0) is 7.68. The molecule has 11 heavy (non-hydrogen) atoms. The largest absolute Gasteiger partial charge is 0.469 e. The smallest absolute Gasteiger partial charge is 0.110 e. The first kappa shape index (κ1) is 6.71.